The third kappa shape index (κ3) is 4.42. The highest BCUT2D eigenvalue weighted by Gasteiger charge is 2.34. The standard InChI is InChI=1S/C28H28N2O2S/c1-2-25(20-7-4-3-5-8-20)27(32)29-23-14-11-21(12-15-23)28-30(26(31)18-33-28)24-16-13-19-9-6-10-22(19)17-24/h3-5,7-8,11-17,25,28H,2,6,9-10,18H2,1H3,(H,29,32)/t25-,28-/m1/s1. The molecular formula is C28H28N2O2S. The highest BCUT2D eigenvalue weighted by atomic mass is 32.2. The third-order valence-corrected chi connectivity index (χ3v) is 7.83. The average molecular weight is 457 g/mol. The summed E-state index contributed by atoms with van der Waals surface area (Å²) in [5.41, 5.74) is 6.64. The van der Waals surface area contributed by atoms with Gasteiger partial charge in [-0.25, -0.2) is 0 Å². The zero-order chi connectivity index (χ0) is 22.8. The van der Waals surface area contributed by atoms with E-state index < -0.39 is 0 Å². The van der Waals surface area contributed by atoms with Crippen molar-refractivity contribution >= 4 is 35.0 Å². The number of aryl methyl sites for hydroxylation is 2. The summed E-state index contributed by atoms with van der Waals surface area (Å²) < 4.78 is 0. The average Bonchev–Trinajstić information content (AvgIpc) is 3.46. The van der Waals surface area contributed by atoms with Crippen molar-refractivity contribution in [1.29, 1.82) is 0 Å². The van der Waals surface area contributed by atoms with Gasteiger partial charge in [-0.1, -0.05) is 55.5 Å². The fourth-order valence-corrected chi connectivity index (χ4v) is 6.05. The summed E-state index contributed by atoms with van der Waals surface area (Å²) in [5.74, 6) is 0.454. The van der Waals surface area contributed by atoms with E-state index in [4.69, 9.17) is 0 Å². The van der Waals surface area contributed by atoms with E-state index in [1.54, 1.807) is 11.8 Å². The highest BCUT2D eigenvalue weighted by Crippen LogP contribution is 2.43. The van der Waals surface area contributed by atoms with E-state index in [1.165, 1.54) is 17.5 Å². The number of anilines is 2. The van der Waals surface area contributed by atoms with Crippen LogP contribution in [0.15, 0.2) is 72.8 Å². The summed E-state index contributed by atoms with van der Waals surface area (Å²) in [6, 6.07) is 24.3. The lowest BCUT2D eigenvalue weighted by Gasteiger charge is -2.25. The summed E-state index contributed by atoms with van der Waals surface area (Å²) in [6.45, 7) is 2.03. The molecule has 168 valence electrons. The van der Waals surface area contributed by atoms with Crippen LogP contribution in [-0.4, -0.2) is 17.6 Å². The van der Waals surface area contributed by atoms with Gasteiger partial charge < -0.3 is 5.32 Å². The lowest BCUT2D eigenvalue weighted by molar-refractivity contribution is -0.118. The Morgan fingerprint density at radius 1 is 1.03 bits per heavy atom. The molecule has 0 bridgehead atoms. The van der Waals surface area contributed by atoms with Crippen molar-refractivity contribution in [2.24, 2.45) is 0 Å². The number of hydrogen-bond acceptors (Lipinski definition) is 3. The Labute approximate surface area is 199 Å². The minimum absolute atomic E-state index is 0.00152. The Morgan fingerprint density at radius 2 is 1.79 bits per heavy atom. The first-order valence-electron chi connectivity index (χ1n) is 11.7. The number of amides is 2. The number of rotatable bonds is 6. The van der Waals surface area contributed by atoms with Crippen LogP contribution >= 0.6 is 11.8 Å². The third-order valence-electron chi connectivity index (χ3n) is 6.62. The molecule has 2 amide bonds. The molecule has 5 heteroatoms. The molecule has 5 rings (SSSR count). The normalized spacial score (nSPS) is 18.3. The molecule has 1 fully saturated rings. The van der Waals surface area contributed by atoms with Gasteiger partial charge in [0.05, 0.1) is 11.7 Å². The molecule has 0 radical (unpaired) electrons. The van der Waals surface area contributed by atoms with Crippen molar-refractivity contribution in [2.45, 2.75) is 43.9 Å². The van der Waals surface area contributed by atoms with Gasteiger partial charge in [-0.05, 0) is 72.2 Å². The van der Waals surface area contributed by atoms with Crippen molar-refractivity contribution < 1.29 is 9.59 Å². The highest BCUT2D eigenvalue weighted by molar-refractivity contribution is 8.00. The van der Waals surface area contributed by atoms with Gasteiger partial charge in [0.1, 0.15) is 5.37 Å². The van der Waals surface area contributed by atoms with Crippen LogP contribution in [0.2, 0.25) is 0 Å². The summed E-state index contributed by atoms with van der Waals surface area (Å²) in [7, 11) is 0. The zero-order valence-electron chi connectivity index (χ0n) is 18.8. The second-order valence-electron chi connectivity index (χ2n) is 8.72. The van der Waals surface area contributed by atoms with Gasteiger partial charge in [-0.2, -0.15) is 0 Å². The molecule has 4 nitrogen and oxygen atoms in total. The van der Waals surface area contributed by atoms with E-state index in [2.05, 4.69) is 23.5 Å². The lowest BCUT2D eigenvalue weighted by atomic mass is 9.95. The first-order valence-corrected chi connectivity index (χ1v) is 12.7. The molecule has 0 aromatic heterocycles. The zero-order valence-corrected chi connectivity index (χ0v) is 19.6. The van der Waals surface area contributed by atoms with Gasteiger partial charge in [-0.15, -0.1) is 11.8 Å². The van der Waals surface area contributed by atoms with E-state index in [0.29, 0.717) is 5.75 Å². The topological polar surface area (TPSA) is 49.4 Å². The number of hydrogen-bond donors (Lipinski definition) is 1. The van der Waals surface area contributed by atoms with Crippen LogP contribution < -0.4 is 10.2 Å². The molecule has 1 aliphatic heterocycles. The molecule has 1 N–H and O–H groups in total. The summed E-state index contributed by atoms with van der Waals surface area (Å²) >= 11 is 1.65. The predicted octanol–water partition coefficient (Wildman–Crippen LogP) is 6.09. The van der Waals surface area contributed by atoms with Gasteiger partial charge in [0.15, 0.2) is 0 Å². The molecule has 3 aromatic carbocycles. The summed E-state index contributed by atoms with van der Waals surface area (Å²) in [6.07, 6.45) is 4.17. The molecule has 0 saturated carbocycles. The Balaban J connectivity index is 1.32. The number of nitrogens with zero attached hydrogens (tertiary/aromatic N) is 1. The van der Waals surface area contributed by atoms with Crippen molar-refractivity contribution in [2.75, 3.05) is 16.0 Å². The van der Waals surface area contributed by atoms with Crippen LogP contribution in [0.25, 0.3) is 0 Å². The molecule has 33 heavy (non-hydrogen) atoms. The Kier molecular flexibility index (Phi) is 6.23. The van der Waals surface area contributed by atoms with Crippen molar-refractivity contribution in [3.63, 3.8) is 0 Å². The van der Waals surface area contributed by atoms with Crippen LogP contribution in [0, 0.1) is 0 Å². The monoisotopic (exact) mass is 456 g/mol. The SMILES string of the molecule is CC[C@@H](C(=O)Nc1ccc([C@H]2SCC(=O)N2c2ccc3c(c2)CCC3)cc1)c1ccccc1. The second-order valence-corrected chi connectivity index (χ2v) is 9.78. The van der Waals surface area contributed by atoms with Crippen molar-refractivity contribution in [1.82, 2.24) is 0 Å². The smallest absolute Gasteiger partial charge is 0.238 e. The quantitative estimate of drug-likeness (QED) is 0.489. The molecule has 3 aromatic rings. The molecule has 1 aliphatic carbocycles. The minimum Gasteiger partial charge on any atom is -0.326 e. The summed E-state index contributed by atoms with van der Waals surface area (Å²) in [5, 5.41) is 3.02. The molecule has 0 unspecified atom stereocenters. The maximum Gasteiger partial charge on any atom is 0.238 e. The lowest BCUT2D eigenvalue weighted by Crippen LogP contribution is -2.28. The molecular weight excluding hydrogens is 428 g/mol. The van der Waals surface area contributed by atoms with E-state index >= 15 is 0 Å². The molecule has 2 aliphatic rings. The van der Waals surface area contributed by atoms with E-state index in [0.717, 1.165) is 41.8 Å². The van der Waals surface area contributed by atoms with Gasteiger partial charge in [0, 0.05) is 11.4 Å². The maximum absolute atomic E-state index is 12.9. The minimum atomic E-state index is -0.177. The number of thioether (sulfide) groups is 1. The van der Waals surface area contributed by atoms with Crippen LogP contribution in [0.5, 0.6) is 0 Å². The van der Waals surface area contributed by atoms with Gasteiger partial charge in [-0.3, -0.25) is 14.5 Å². The van der Waals surface area contributed by atoms with Crippen LogP contribution in [0.3, 0.4) is 0 Å². The molecule has 1 heterocycles. The van der Waals surface area contributed by atoms with Crippen LogP contribution in [-0.2, 0) is 22.4 Å². The number of carbonyl (C=O) groups is 2. The number of benzene rings is 3. The van der Waals surface area contributed by atoms with Crippen LogP contribution in [0.4, 0.5) is 11.4 Å². The van der Waals surface area contributed by atoms with Crippen LogP contribution in [0.1, 0.15) is 53.3 Å². The largest absolute Gasteiger partial charge is 0.326 e. The van der Waals surface area contributed by atoms with Gasteiger partial charge >= 0.3 is 0 Å². The summed E-state index contributed by atoms with van der Waals surface area (Å²) in [4.78, 5) is 27.6. The maximum atomic E-state index is 12.9. The number of carbonyl (C=O) groups excluding carboxylic acids is 2. The Bertz CT molecular complexity index is 1160. The van der Waals surface area contributed by atoms with Gasteiger partial charge in [0.2, 0.25) is 11.8 Å². The molecule has 0 spiro atoms. The van der Waals surface area contributed by atoms with E-state index in [-0.39, 0.29) is 23.1 Å². The van der Waals surface area contributed by atoms with Crippen molar-refractivity contribution in [3.05, 3.63) is 95.1 Å². The fraction of sp³-hybridized carbons (Fsp3) is 0.286. The first kappa shape index (κ1) is 21.8. The molecule has 2 atom stereocenters. The fourth-order valence-electron chi connectivity index (χ4n) is 4.88. The van der Waals surface area contributed by atoms with E-state index in [9.17, 15) is 9.59 Å². The number of fused-ring (bicyclic) bond motifs is 1. The van der Waals surface area contributed by atoms with Gasteiger partial charge in [0.25, 0.3) is 0 Å². The van der Waals surface area contributed by atoms with E-state index in [1.807, 2.05) is 66.4 Å². The Hall–Kier alpha value is -3.05. The predicted molar refractivity (Wildman–Crippen MR) is 136 cm³/mol. The Morgan fingerprint density at radius 3 is 2.55 bits per heavy atom. The molecule has 1 saturated heterocycles. The van der Waals surface area contributed by atoms with Crippen molar-refractivity contribution in [3.8, 4) is 0 Å². The second kappa shape index (κ2) is 9.44. The first-order chi connectivity index (χ1) is 16.1. The number of nitrogens with one attached hydrogen (secondary N) is 1.